The van der Waals surface area contributed by atoms with Gasteiger partial charge in [0.2, 0.25) is 0 Å². The van der Waals surface area contributed by atoms with Crippen LogP contribution in [-0.4, -0.2) is 15.6 Å². The molecule has 0 aliphatic carbocycles. The van der Waals surface area contributed by atoms with Gasteiger partial charge in [0.05, 0.1) is 11.4 Å². The largest absolute Gasteiger partial charge is 0.396 e. The lowest BCUT2D eigenvalue weighted by Crippen LogP contribution is -2.08. The molecule has 2 aromatic heterocycles. The number of anilines is 1. The van der Waals surface area contributed by atoms with Gasteiger partial charge in [-0.1, -0.05) is 0 Å². The second kappa shape index (κ2) is 4.21. The third-order valence-electron chi connectivity index (χ3n) is 2.26. The minimum absolute atomic E-state index is 0.137. The quantitative estimate of drug-likeness (QED) is 0.926. The maximum atomic E-state index is 12.1. The molecule has 2 aromatic rings. The van der Waals surface area contributed by atoms with Gasteiger partial charge in [0.15, 0.2) is 5.65 Å². The fraction of sp³-hybridized carbons (Fsp3) is 0.300. The van der Waals surface area contributed by atoms with Crippen molar-refractivity contribution in [3.63, 3.8) is 0 Å². The van der Waals surface area contributed by atoms with Crippen LogP contribution in [0, 0.1) is 0 Å². The van der Waals surface area contributed by atoms with E-state index in [1.165, 1.54) is 0 Å². The number of nitrogen functional groups attached to an aromatic ring is 1. The Balaban J connectivity index is 2.29. The Labute approximate surface area is 104 Å². The lowest BCUT2D eigenvalue weighted by molar-refractivity contribution is -0.134. The summed E-state index contributed by atoms with van der Waals surface area (Å²) in [6.07, 6.45) is -1.92. The Morgan fingerprint density at radius 1 is 1.35 bits per heavy atom. The Kier molecular flexibility index (Phi) is 3.03. The minimum atomic E-state index is -4.16. The van der Waals surface area contributed by atoms with Crippen molar-refractivity contribution in [1.82, 2.24) is 9.38 Å². The number of aryl methyl sites for hydroxylation is 1. The lowest BCUT2D eigenvalue weighted by Gasteiger charge is -2.02. The number of rotatable bonds is 2. The molecule has 0 amide bonds. The van der Waals surface area contributed by atoms with Crippen LogP contribution in [0.1, 0.15) is 12.1 Å². The normalized spacial score (nSPS) is 12.2. The number of fused-ring (bicyclic) bond motifs is 1. The first-order valence-corrected chi connectivity index (χ1v) is 5.64. The molecule has 92 valence electrons. The monoisotopic (exact) mass is 307 g/mol. The first-order valence-electron chi connectivity index (χ1n) is 4.84. The smallest absolute Gasteiger partial charge is 0.389 e. The SMILES string of the molecule is Nc1cc(Br)cn2cc(CCC(F)(F)F)nc12. The van der Waals surface area contributed by atoms with Crippen molar-refractivity contribution in [3.8, 4) is 0 Å². The summed E-state index contributed by atoms with van der Waals surface area (Å²) in [4.78, 5) is 4.07. The summed E-state index contributed by atoms with van der Waals surface area (Å²) in [5.41, 5.74) is 7.00. The van der Waals surface area contributed by atoms with Crippen LogP contribution in [0.15, 0.2) is 22.9 Å². The first-order chi connectivity index (χ1) is 7.85. The lowest BCUT2D eigenvalue weighted by atomic mass is 10.2. The van der Waals surface area contributed by atoms with Crippen molar-refractivity contribution < 1.29 is 13.2 Å². The standard InChI is InChI=1S/C10H9BrF3N3/c11-6-3-8(15)9-16-7(5-17(9)4-6)1-2-10(12,13)14/h3-5H,1-2,15H2. The van der Waals surface area contributed by atoms with Gasteiger partial charge in [-0.3, -0.25) is 0 Å². The van der Waals surface area contributed by atoms with E-state index < -0.39 is 12.6 Å². The number of imidazole rings is 1. The Bertz CT molecular complexity index is 547. The van der Waals surface area contributed by atoms with Crippen molar-refractivity contribution in [1.29, 1.82) is 0 Å². The molecule has 0 fully saturated rings. The van der Waals surface area contributed by atoms with Crippen molar-refractivity contribution in [3.05, 3.63) is 28.6 Å². The molecule has 0 aliphatic rings. The summed E-state index contributed by atoms with van der Waals surface area (Å²) < 4.78 is 38.6. The number of aromatic nitrogens is 2. The van der Waals surface area contributed by atoms with E-state index in [2.05, 4.69) is 20.9 Å². The van der Waals surface area contributed by atoms with Crippen molar-refractivity contribution in [2.75, 3.05) is 5.73 Å². The average molecular weight is 308 g/mol. The van der Waals surface area contributed by atoms with Crippen molar-refractivity contribution >= 4 is 27.3 Å². The highest BCUT2D eigenvalue weighted by atomic mass is 79.9. The molecule has 0 radical (unpaired) electrons. The number of nitrogens with two attached hydrogens (primary N) is 1. The molecular weight excluding hydrogens is 299 g/mol. The molecule has 0 aromatic carbocycles. The highest BCUT2D eigenvalue weighted by molar-refractivity contribution is 9.10. The maximum Gasteiger partial charge on any atom is 0.389 e. The number of hydrogen-bond donors (Lipinski definition) is 1. The van der Waals surface area contributed by atoms with E-state index in [1.54, 1.807) is 22.9 Å². The number of halogens is 4. The van der Waals surface area contributed by atoms with Crippen molar-refractivity contribution in [2.24, 2.45) is 0 Å². The van der Waals surface area contributed by atoms with E-state index >= 15 is 0 Å². The Morgan fingerprint density at radius 3 is 2.71 bits per heavy atom. The van der Waals surface area contributed by atoms with Gasteiger partial charge in [0.25, 0.3) is 0 Å². The van der Waals surface area contributed by atoms with Gasteiger partial charge in [-0.15, -0.1) is 0 Å². The van der Waals surface area contributed by atoms with Crippen LogP contribution in [0.5, 0.6) is 0 Å². The predicted molar refractivity (Wildman–Crippen MR) is 61.7 cm³/mol. The van der Waals surface area contributed by atoms with Crippen LogP contribution in [-0.2, 0) is 6.42 Å². The molecule has 0 saturated heterocycles. The first kappa shape index (κ1) is 12.2. The molecule has 0 aliphatic heterocycles. The molecule has 2 N–H and O–H groups in total. The predicted octanol–water partition coefficient (Wildman–Crippen LogP) is 3.17. The molecule has 0 unspecified atom stereocenters. The molecule has 2 heterocycles. The second-order valence-electron chi connectivity index (χ2n) is 3.69. The van der Waals surface area contributed by atoms with Crippen LogP contribution >= 0.6 is 15.9 Å². The maximum absolute atomic E-state index is 12.1. The third-order valence-corrected chi connectivity index (χ3v) is 2.69. The Morgan fingerprint density at radius 2 is 2.06 bits per heavy atom. The average Bonchev–Trinajstić information content (AvgIpc) is 2.56. The van der Waals surface area contributed by atoms with E-state index in [9.17, 15) is 13.2 Å². The fourth-order valence-electron chi connectivity index (χ4n) is 1.53. The van der Waals surface area contributed by atoms with Gasteiger partial charge in [-0.25, -0.2) is 4.98 Å². The van der Waals surface area contributed by atoms with Gasteiger partial charge in [-0.05, 0) is 28.4 Å². The van der Waals surface area contributed by atoms with Gasteiger partial charge < -0.3 is 10.1 Å². The zero-order valence-corrected chi connectivity index (χ0v) is 10.2. The van der Waals surface area contributed by atoms with E-state index in [-0.39, 0.29) is 6.42 Å². The van der Waals surface area contributed by atoms with E-state index in [0.717, 1.165) is 4.47 Å². The van der Waals surface area contributed by atoms with E-state index in [4.69, 9.17) is 5.73 Å². The number of pyridine rings is 1. The molecule has 0 saturated carbocycles. The summed E-state index contributed by atoms with van der Waals surface area (Å²) in [6.45, 7) is 0. The topological polar surface area (TPSA) is 43.3 Å². The molecular formula is C10H9BrF3N3. The van der Waals surface area contributed by atoms with Gasteiger partial charge in [0.1, 0.15) is 0 Å². The summed E-state index contributed by atoms with van der Waals surface area (Å²) in [6, 6.07) is 1.66. The minimum Gasteiger partial charge on any atom is -0.396 e. The van der Waals surface area contributed by atoms with E-state index in [0.29, 0.717) is 17.0 Å². The van der Waals surface area contributed by atoms with E-state index in [1.807, 2.05) is 0 Å². The molecule has 0 atom stereocenters. The molecule has 2 rings (SSSR count). The van der Waals surface area contributed by atoms with Crippen LogP contribution in [0.3, 0.4) is 0 Å². The molecule has 0 spiro atoms. The van der Waals surface area contributed by atoms with Crippen LogP contribution in [0.25, 0.3) is 5.65 Å². The molecule has 3 nitrogen and oxygen atoms in total. The molecule has 17 heavy (non-hydrogen) atoms. The summed E-state index contributed by atoms with van der Waals surface area (Å²) in [5, 5.41) is 0. The van der Waals surface area contributed by atoms with Crippen LogP contribution < -0.4 is 5.73 Å². The van der Waals surface area contributed by atoms with Gasteiger partial charge in [-0.2, -0.15) is 13.2 Å². The van der Waals surface area contributed by atoms with Gasteiger partial charge >= 0.3 is 6.18 Å². The fourth-order valence-corrected chi connectivity index (χ4v) is 2.00. The summed E-state index contributed by atoms with van der Waals surface area (Å²) in [5.74, 6) is 0. The Hall–Kier alpha value is -1.24. The zero-order valence-electron chi connectivity index (χ0n) is 8.63. The van der Waals surface area contributed by atoms with Crippen molar-refractivity contribution in [2.45, 2.75) is 19.0 Å². The van der Waals surface area contributed by atoms with Crippen LogP contribution in [0.4, 0.5) is 18.9 Å². The molecule has 0 bridgehead atoms. The molecule has 7 heteroatoms. The summed E-state index contributed by atoms with van der Waals surface area (Å²) in [7, 11) is 0. The number of alkyl halides is 3. The van der Waals surface area contributed by atoms with Crippen LogP contribution in [0.2, 0.25) is 0 Å². The summed E-state index contributed by atoms with van der Waals surface area (Å²) >= 11 is 3.25. The zero-order chi connectivity index (χ0) is 12.6. The highest BCUT2D eigenvalue weighted by Gasteiger charge is 2.27. The second-order valence-corrected chi connectivity index (χ2v) is 4.61. The number of hydrogen-bond acceptors (Lipinski definition) is 2. The third kappa shape index (κ3) is 2.91. The highest BCUT2D eigenvalue weighted by Crippen LogP contribution is 2.24. The van der Waals surface area contributed by atoms with Gasteiger partial charge in [0, 0.05) is 23.3 Å². The number of nitrogens with zero attached hydrogens (tertiary/aromatic N) is 2.